The number of aliphatic hydroxyl groups is 1. The second-order valence-electron chi connectivity index (χ2n) is 10.1. The van der Waals surface area contributed by atoms with Crippen molar-refractivity contribution in [2.45, 2.75) is 33.7 Å². The van der Waals surface area contributed by atoms with Gasteiger partial charge >= 0.3 is 11.9 Å². The number of hydrogen-bond acceptors (Lipinski definition) is 10. The van der Waals surface area contributed by atoms with Gasteiger partial charge in [-0.2, -0.15) is 0 Å². The number of hydrogen-bond donors (Lipinski definition) is 1. The summed E-state index contributed by atoms with van der Waals surface area (Å²) in [6, 6.07) is 7.59. The van der Waals surface area contributed by atoms with E-state index in [4.69, 9.17) is 14.2 Å². The van der Waals surface area contributed by atoms with E-state index in [9.17, 15) is 19.5 Å². The molecule has 1 unspecified atom stereocenters. The van der Waals surface area contributed by atoms with Crippen LogP contribution < -0.4 is 14.4 Å². The van der Waals surface area contributed by atoms with Crippen molar-refractivity contribution < 1.29 is 33.7 Å². The highest BCUT2D eigenvalue weighted by Crippen LogP contribution is 2.46. The minimum Gasteiger partial charge on any atom is -0.505 e. The third-order valence-corrected chi connectivity index (χ3v) is 8.34. The Labute approximate surface area is 263 Å². The lowest BCUT2D eigenvalue weighted by Gasteiger charge is -2.24. The van der Waals surface area contributed by atoms with E-state index >= 15 is 0 Å². The van der Waals surface area contributed by atoms with Crippen molar-refractivity contribution in [2.24, 2.45) is 0 Å². The Hall–Kier alpha value is -5.23. The van der Waals surface area contributed by atoms with Crippen LogP contribution in [0.25, 0.3) is 11.4 Å². The number of esters is 1. The third kappa shape index (κ3) is 5.60. The molecular weight excluding hydrogens is 596 g/mol. The number of pyridine rings is 1. The monoisotopic (exact) mass is 628 g/mol. The largest absolute Gasteiger partial charge is 0.505 e. The number of aromatic nitrogens is 3. The minimum absolute atomic E-state index is 0.00562. The number of rotatable bonds is 11. The highest BCUT2D eigenvalue weighted by atomic mass is 32.1. The predicted octanol–water partition coefficient (Wildman–Crippen LogP) is 5.65. The molecule has 1 atom stereocenters. The predicted molar refractivity (Wildman–Crippen MR) is 170 cm³/mol. The van der Waals surface area contributed by atoms with E-state index in [1.165, 1.54) is 11.0 Å². The number of thiazole rings is 1. The SMILES string of the molecule is C=CCOC(=O)c1sc(N2C(=O)C(=O)/C(=C(/O)c3nc4c(C)cccn4c3C)C2c2ccc(OCC=C)c(OCC)c2)nc1C. The van der Waals surface area contributed by atoms with E-state index in [0.717, 1.165) is 16.9 Å². The van der Waals surface area contributed by atoms with Gasteiger partial charge in [-0.05, 0) is 57.0 Å². The van der Waals surface area contributed by atoms with E-state index in [2.05, 4.69) is 23.1 Å². The Balaban J connectivity index is 1.73. The molecule has 1 N–H and O–H groups in total. The van der Waals surface area contributed by atoms with Crippen molar-refractivity contribution in [3.63, 3.8) is 0 Å². The molecule has 1 aliphatic heterocycles. The molecular formula is C33H32N4O7S. The van der Waals surface area contributed by atoms with Crippen molar-refractivity contribution in [1.29, 1.82) is 0 Å². The number of ketones is 1. The second kappa shape index (κ2) is 12.8. The lowest BCUT2D eigenvalue weighted by atomic mass is 9.96. The van der Waals surface area contributed by atoms with Gasteiger partial charge in [0.05, 0.1) is 29.6 Å². The summed E-state index contributed by atoms with van der Waals surface area (Å²) in [5, 5.41) is 11.9. The van der Waals surface area contributed by atoms with Gasteiger partial charge in [-0.15, -0.1) is 0 Å². The minimum atomic E-state index is -1.15. The standard InChI is InChI=1S/C33H32N4O7S/c1-7-15-43-22-13-12-21(17-23(22)42-9-3)26-24(27(38)25-20(6)36-14-10-11-18(4)30(36)35-25)28(39)31(40)37(26)33-34-19(5)29(45-33)32(41)44-16-8-2/h7-8,10-14,17,26,38H,1-2,9,15-16H2,3-6H3/b27-24+. The molecule has 1 saturated heterocycles. The summed E-state index contributed by atoms with van der Waals surface area (Å²) in [6.07, 6.45) is 4.84. The van der Waals surface area contributed by atoms with E-state index < -0.39 is 29.5 Å². The third-order valence-electron chi connectivity index (χ3n) is 7.20. The van der Waals surface area contributed by atoms with Crippen LogP contribution in [-0.4, -0.2) is 57.0 Å². The van der Waals surface area contributed by atoms with Gasteiger partial charge in [0.25, 0.3) is 5.78 Å². The summed E-state index contributed by atoms with van der Waals surface area (Å²) in [4.78, 5) is 50.8. The van der Waals surface area contributed by atoms with Gasteiger partial charge in [-0.25, -0.2) is 14.8 Å². The number of aliphatic hydroxyl groups excluding tert-OH is 1. The van der Waals surface area contributed by atoms with Crippen LogP contribution in [0.1, 0.15) is 50.8 Å². The first-order valence-corrected chi connectivity index (χ1v) is 15.0. The molecule has 0 radical (unpaired) electrons. The molecule has 232 valence electrons. The fourth-order valence-electron chi connectivity index (χ4n) is 5.13. The summed E-state index contributed by atoms with van der Waals surface area (Å²) >= 11 is 0.909. The van der Waals surface area contributed by atoms with Crippen LogP contribution in [0.4, 0.5) is 5.13 Å². The number of nitrogens with zero attached hydrogens (tertiary/aromatic N) is 4. The molecule has 1 aliphatic rings. The van der Waals surface area contributed by atoms with Gasteiger partial charge in [-0.3, -0.25) is 14.5 Å². The fourth-order valence-corrected chi connectivity index (χ4v) is 6.11. The number of carbonyl (C=O) groups excluding carboxylic acids is 3. The first-order valence-electron chi connectivity index (χ1n) is 14.1. The Morgan fingerprint density at radius 3 is 2.51 bits per heavy atom. The molecule has 1 aromatic carbocycles. The molecule has 5 rings (SSSR count). The number of fused-ring (bicyclic) bond motifs is 1. The van der Waals surface area contributed by atoms with Crippen LogP contribution in [0.5, 0.6) is 11.5 Å². The number of benzene rings is 1. The van der Waals surface area contributed by atoms with E-state index in [-0.39, 0.29) is 34.5 Å². The van der Waals surface area contributed by atoms with Crippen molar-refractivity contribution >= 4 is 45.5 Å². The normalized spacial score (nSPS) is 15.8. The molecule has 11 nitrogen and oxygen atoms in total. The van der Waals surface area contributed by atoms with Crippen molar-refractivity contribution in [3.8, 4) is 11.5 Å². The molecule has 4 heterocycles. The molecule has 4 aromatic rings. The highest BCUT2D eigenvalue weighted by molar-refractivity contribution is 7.17. The number of anilines is 1. The topological polar surface area (TPSA) is 133 Å². The van der Waals surface area contributed by atoms with E-state index in [1.54, 1.807) is 48.7 Å². The fraction of sp³-hybridized carbons (Fsp3) is 0.242. The lowest BCUT2D eigenvalue weighted by molar-refractivity contribution is -0.132. The molecule has 3 aromatic heterocycles. The van der Waals surface area contributed by atoms with E-state index in [0.29, 0.717) is 40.7 Å². The summed E-state index contributed by atoms with van der Waals surface area (Å²) < 4.78 is 18.6. The molecule has 0 spiro atoms. The van der Waals surface area contributed by atoms with Gasteiger partial charge in [0.1, 0.15) is 29.4 Å². The van der Waals surface area contributed by atoms with Crippen LogP contribution in [0.15, 0.2) is 67.4 Å². The Morgan fingerprint density at radius 1 is 1.07 bits per heavy atom. The quantitative estimate of drug-likeness (QED) is 0.0736. The van der Waals surface area contributed by atoms with E-state index in [1.807, 2.05) is 26.0 Å². The molecule has 0 bridgehead atoms. The van der Waals surface area contributed by atoms with Gasteiger partial charge in [-0.1, -0.05) is 48.8 Å². The Bertz CT molecular complexity index is 1890. The Morgan fingerprint density at radius 2 is 1.82 bits per heavy atom. The number of Topliss-reactive ketones (excluding diaryl/α,β-unsaturated/α-hetero) is 1. The molecule has 12 heteroatoms. The van der Waals surface area contributed by atoms with Gasteiger partial charge in [0.2, 0.25) is 0 Å². The number of imidazole rings is 1. The number of carbonyl (C=O) groups is 3. The number of amides is 1. The zero-order valence-corrected chi connectivity index (χ0v) is 26.1. The average molecular weight is 629 g/mol. The maximum atomic E-state index is 13.8. The van der Waals surface area contributed by atoms with Crippen LogP contribution in [0.2, 0.25) is 0 Å². The first kappa shape index (κ1) is 31.2. The summed E-state index contributed by atoms with van der Waals surface area (Å²) in [5.74, 6) is -2.14. The molecule has 45 heavy (non-hydrogen) atoms. The number of aryl methyl sites for hydroxylation is 3. The highest BCUT2D eigenvalue weighted by Gasteiger charge is 2.49. The van der Waals surface area contributed by atoms with Crippen LogP contribution in [0.3, 0.4) is 0 Å². The summed E-state index contributed by atoms with van der Waals surface area (Å²) in [7, 11) is 0. The summed E-state index contributed by atoms with van der Waals surface area (Å²) in [5.41, 5.74) is 2.77. The van der Waals surface area contributed by atoms with Gasteiger partial charge in [0.15, 0.2) is 22.4 Å². The van der Waals surface area contributed by atoms with Crippen molar-refractivity contribution in [3.05, 3.63) is 100 Å². The lowest BCUT2D eigenvalue weighted by Crippen LogP contribution is -2.29. The smallest absolute Gasteiger partial charge is 0.350 e. The zero-order valence-electron chi connectivity index (χ0n) is 25.3. The summed E-state index contributed by atoms with van der Waals surface area (Å²) in [6.45, 7) is 14.9. The zero-order chi connectivity index (χ0) is 32.4. The maximum Gasteiger partial charge on any atom is 0.350 e. The average Bonchev–Trinajstić information content (AvgIpc) is 3.66. The van der Waals surface area contributed by atoms with Crippen LogP contribution in [0, 0.1) is 20.8 Å². The van der Waals surface area contributed by atoms with Crippen LogP contribution in [-0.2, 0) is 14.3 Å². The molecule has 0 saturated carbocycles. The molecule has 1 fully saturated rings. The molecule has 1 amide bonds. The number of ether oxygens (including phenoxy) is 3. The Kier molecular flexibility index (Phi) is 8.87. The van der Waals surface area contributed by atoms with Crippen molar-refractivity contribution in [2.75, 3.05) is 24.7 Å². The van der Waals surface area contributed by atoms with Gasteiger partial charge < -0.3 is 23.7 Å². The van der Waals surface area contributed by atoms with Crippen molar-refractivity contribution in [1.82, 2.24) is 14.4 Å². The second-order valence-corrected chi connectivity index (χ2v) is 11.1. The first-order chi connectivity index (χ1) is 21.6. The van der Waals surface area contributed by atoms with Crippen LogP contribution >= 0.6 is 11.3 Å². The molecule has 0 aliphatic carbocycles. The maximum absolute atomic E-state index is 13.8. The van der Waals surface area contributed by atoms with Gasteiger partial charge in [0, 0.05) is 6.20 Å².